The summed E-state index contributed by atoms with van der Waals surface area (Å²) in [5, 5.41) is 0.600. The molecule has 0 N–H and O–H groups in total. The summed E-state index contributed by atoms with van der Waals surface area (Å²) in [5.41, 5.74) is 1.31. The predicted molar refractivity (Wildman–Crippen MR) is 110 cm³/mol. The lowest BCUT2D eigenvalue weighted by molar-refractivity contribution is -0.140. The zero-order valence-corrected chi connectivity index (χ0v) is 17.5. The van der Waals surface area contributed by atoms with Gasteiger partial charge in [-0.25, -0.2) is 0 Å². The highest BCUT2D eigenvalue weighted by Crippen LogP contribution is 2.27. The van der Waals surface area contributed by atoms with Gasteiger partial charge in [-0.2, -0.15) is 0 Å². The van der Waals surface area contributed by atoms with E-state index in [0.29, 0.717) is 53.8 Å². The summed E-state index contributed by atoms with van der Waals surface area (Å²) in [5.74, 6) is 1.01. The van der Waals surface area contributed by atoms with Crippen LogP contribution in [0.4, 0.5) is 0 Å². The zero-order valence-electron chi connectivity index (χ0n) is 16.7. The maximum atomic E-state index is 12.9. The number of aryl methyl sites for hydroxylation is 1. The first-order valence-electron chi connectivity index (χ1n) is 9.41. The molecular weight excluding hydrogens is 394 g/mol. The minimum absolute atomic E-state index is 0.109. The number of hydrogen-bond acceptors (Lipinski definition) is 5. The third-order valence-electron chi connectivity index (χ3n) is 5.06. The molecule has 1 fully saturated rings. The maximum absolute atomic E-state index is 12.9. The van der Waals surface area contributed by atoms with Gasteiger partial charge in [-0.15, -0.1) is 0 Å². The SMILES string of the molecule is COc1cc(OC)cc(C(=O)N2CCC(C(=O)Oc3ccc(Cl)cc3C)CC2)c1. The Morgan fingerprint density at radius 2 is 1.62 bits per heavy atom. The minimum atomic E-state index is -0.273. The average Bonchev–Trinajstić information content (AvgIpc) is 2.74. The van der Waals surface area contributed by atoms with Gasteiger partial charge in [0.1, 0.15) is 17.2 Å². The standard InChI is InChI=1S/C22H24ClNO5/c1-14-10-17(23)4-5-20(14)29-22(26)15-6-8-24(9-7-15)21(25)16-11-18(27-2)13-19(12-16)28-3/h4-5,10-13,15H,6-9H2,1-3H3. The second-order valence-corrected chi connectivity index (χ2v) is 7.44. The molecule has 0 aliphatic carbocycles. The fourth-order valence-corrected chi connectivity index (χ4v) is 3.58. The first-order chi connectivity index (χ1) is 13.9. The van der Waals surface area contributed by atoms with E-state index in [-0.39, 0.29) is 17.8 Å². The Hall–Kier alpha value is -2.73. The van der Waals surface area contributed by atoms with Gasteiger partial charge in [-0.1, -0.05) is 11.6 Å². The number of carbonyl (C=O) groups excluding carboxylic acids is 2. The van der Waals surface area contributed by atoms with Gasteiger partial charge in [-0.05, 0) is 55.7 Å². The van der Waals surface area contributed by atoms with Crippen molar-refractivity contribution < 1.29 is 23.8 Å². The molecule has 2 aromatic rings. The van der Waals surface area contributed by atoms with Crippen LogP contribution in [0.15, 0.2) is 36.4 Å². The highest BCUT2D eigenvalue weighted by Gasteiger charge is 2.29. The van der Waals surface area contributed by atoms with Crippen LogP contribution in [-0.2, 0) is 4.79 Å². The van der Waals surface area contributed by atoms with Crippen LogP contribution < -0.4 is 14.2 Å². The number of nitrogens with zero attached hydrogens (tertiary/aromatic N) is 1. The van der Waals surface area contributed by atoms with Gasteiger partial charge in [0.15, 0.2) is 0 Å². The smallest absolute Gasteiger partial charge is 0.314 e. The number of halogens is 1. The van der Waals surface area contributed by atoms with Crippen LogP contribution in [0.1, 0.15) is 28.8 Å². The summed E-state index contributed by atoms with van der Waals surface area (Å²) in [7, 11) is 3.09. The summed E-state index contributed by atoms with van der Waals surface area (Å²) in [6.45, 7) is 2.81. The minimum Gasteiger partial charge on any atom is -0.497 e. The molecule has 1 aliphatic rings. The van der Waals surface area contributed by atoms with Crippen molar-refractivity contribution in [1.29, 1.82) is 0 Å². The van der Waals surface area contributed by atoms with Crippen molar-refractivity contribution in [3.8, 4) is 17.2 Å². The first-order valence-corrected chi connectivity index (χ1v) is 9.79. The fourth-order valence-electron chi connectivity index (χ4n) is 3.35. The van der Waals surface area contributed by atoms with Gasteiger partial charge in [0.2, 0.25) is 0 Å². The molecule has 0 saturated carbocycles. The molecule has 1 amide bonds. The van der Waals surface area contributed by atoms with Crippen LogP contribution in [0.2, 0.25) is 5.02 Å². The second kappa shape index (κ2) is 9.18. The van der Waals surface area contributed by atoms with Crippen LogP contribution in [-0.4, -0.2) is 44.1 Å². The number of piperidine rings is 1. The van der Waals surface area contributed by atoms with Crippen molar-refractivity contribution >= 4 is 23.5 Å². The monoisotopic (exact) mass is 417 g/mol. The Labute approximate surface area is 175 Å². The van der Waals surface area contributed by atoms with Gasteiger partial charge < -0.3 is 19.1 Å². The molecule has 0 radical (unpaired) electrons. The zero-order chi connectivity index (χ0) is 21.0. The summed E-state index contributed by atoms with van der Waals surface area (Å²) < 4.78 is 16.0. The number of likely N-dealkylation sites (tertiary alicyclic amines) is 1. The van der Waals surface area contributed by atoms with E-state index in [1.54, 1.807) is 55.5 Å². The summed E-state index contributed by atoms with van der Waals surface area (Å²) in [4.78, 5) is 27.1. The van der Waals surface area contributed by atoms with Crippen molar-refractivity contribution in [2.24, 2.45) is 5.92 Å². The van der Waals surface area contributed by atoms with Crippen LogP contribution in [0, 0.1) is 12.8 Å². The Morgan fingerprint density at radius 1 is 1.00 bits per heavy atom. The van der Waals surface area contributed by atoms with E-state index in [9.17, 15) is 9.59 Å². The molecule has 29 heavy (non-hydrogen) atoms. The highest BCUT2D eigenvalue weighted by molar-refractivity contribution is 6.30. The van der Waals surface area contributed by atoms with Gasteiger partial charge in [0.25, 0.3) is 5.91 Å². The van der Waals surface area contributed by atoms with Crippen molar-refractivity contribution in [3.05, 3.63) is 52.5 Å². The van der Waals surface area contributed by atoms with E-state index < -0.39 is 0 Å². The summed E-state index contributed by atoms with van der Waals surface area (Å²) >= 11 is 5.94. The first kappa shape index (κ1) is 21.0. The van der Waals surface area contributed by atoms with Gasteiger partial charge in [0, 0.05) is 29.7 Å². The Kier molecular flexibility index (Phi) is 6.64. The quantitative estimate of drug-likeness (QED) is 0.540. The van der Waals surface area contributed by atoms with Crippen LogP contribution in [0.3, 0.4) is 0 Å². The topological polar surface area (TPSA) is 65.1 Å². The number of benzene rings is 2. The normalized spacial score (nSPS) is 14.4. The molecule has 3 rings (SSSR count). The molecule has 2 aromatic carbocycles. The Bertz CT molecular complexity index is 884. The number of rotatable bonds is 5. The molecule has 7 heteroatoms. The highest BCUT2D eigenvalue weighted by atomic mass is 35.5. The third-order valence-corrected chi connectivity index (χ3v) is 5.30. The van der Waals surface area contributed by atoms with Gasteiger partial charge in [-0.3, -0.25) is 9.59 Å². The third kappa shape index (κ3) is 5.01. The van der Waals surface area contributed by atoms with Crippen molar-refractivity contribution in [2.45, 2.75) is 19.8 Å². The number of methoxy groups -OCH3 is 2. The molecule has 1 heterocycles. The summed E-state index contributed by atoms with van der Waals surface area (Å²) in [6.07, 6.45) is 1.11. The van der Waals surface area contributed by atoms with E-state index in [4.69, 9.17) is 25.8 Å². The van der Waals surface area contributed by atoms with Crippen LogP contribution in [0.5, 0.6) is 17.2 Å². The molecule has 6 nitrogen and oxygen atoms in total. The van der Waals surface area contributed by atoms with E-state index in [1.807, 2.05) is 6.92 Å². The molecule has 1 aliphatic heterocycles. The Morgan fingerprint density at radius 3 is 2.17 bits per heavy atom. The molecule has 154 valence electrons. The van der Waals surface area contributed by atoms with E-state index in [2.05, 4.69) is 0 Å². The molecule has 1 saturated heterocycles. The van der Waals surface area contributed by atoms with Gasteiger partial charge >= 0.3 is 5.97 Å². The second-order valence-electron chi connectivity index (χ2n) is 7.00. The number of esters is 1. The molecule has 0 bridgehead atoms. The fraction of sp³-hybridized carbons (Fsp3) is 0.364. The number of hydrogen-bond donors (Lipinski definition) is 0. The predicted octanol–water partition coefficient (Wildman–Crippen LogP) is 4.12. The number of carbonyl (C=O) groups is 2. The number of ether oxygens (including phenoxy) is 3. The van der Waals surface area contributed by atoms with E-state index in [0.717, 1.165) is 5.56 Å². The number of amides is 1. The lowest BCUT2D eigenvalue weighted by Gasteiger charge is -2.31. The lowest BCUT2D eigenvalue weighted by Crippen LogP contribution is -2.41. The van der Waals surface area contributed by atoms with Crippen molar-refractivity contribution in [3.63, 3.8) is 0 Å². The molecular formula is C22H24ClNO5. The average molecular weight is 418 g/mol. The van der Waals surface area contributed by atoms with Crippen LogP contribution in [0.25, 0.3) is 0 Å². The van der Waals surface area contributed by atoms with Crippen LogP contribution >= 0.6 is 11.6 Å². The lowest BCUT2D eigenvalue weighted by atomic mass is 9.96. The largest absolute Gasteiger partial charge is 0.497 e. The molecule has 0 aromatic heterocycles. The summed E-state index contributed by atoms with van der Waals surface area (Å²) in [6, 6.07) is 10.2. The van der Waals surface area contributed by atoms with Gasteiger partial charge in [0.05, 0.1) is 20.1 Å². The van der Waals surface area contributed by atoms with Crippen molar-refractivity contribution in [2.75, 3.05) is 27.3 Å². The molecule has 0 unspecified atom stereocenters. The Balaban J connectivity index is 1.61. The van der Waals surface area contributed by atoms with E-state index in [1.165, 1.54) is 0 Å². The van der Waals surface area contributed by atoms with E-state index >= 15 is 0 Å². The maximum Gasteiger partial charge on any atom is 0.314 e. The van der Waals surface area contributed by atoms with Crippen molar-refractivity contribution in [1.82, 2.24) is 4.90 Å². The molecule has 0 spiro atoms. The molecule has 0 atom stereocenters.